The number of aromatic amines is 2. The summed E-state index contributed by atoms with van der Waals surface area (Å²) in [5, 5.41) is 0.850. The van der Waals surface area contributed by atoms with Gasteiger partial charge in [0.05, 0.1) is 34.3 Å². The Morgan fingerprint density at radius 2 is 2.15 bits per heavy atom. The molecule has 3 heterocycles. The monoisotopic (exact) mass is 446 g/mol. The normalized spacial score (nSPS) is 11.4. The highest BCUT2D eigenvalue weighted by Gasteiger charge is 2.21. The fourth-order valence-corrected chi connectivity index (χ4v) is 3.66. The molecule has 0 aliphatic carbocycles. The minimum Gasteiger partial charge on any atom is -0.378 e. The maximum absolute atomic E-state index is 13.1. The lowest BCUT2D eigenvalue weighted by Gasteiger charge is -2.06. The van der Waals surface area contributed by atoms with Gasteiger partial charge in [-0.05, 0) is 18.2 Å². The lowest BCUT2D eigenvalue weighted by Crippen LogP contribution is -2.16. The van der Waals surface area contributed by atoms with Crippen LogP contribution in [0.4, 0.5) is 0 Å². The molecule has 0 atom stereocenters. The molecular weight excluding hydrogens is 436 g/mol. The van der Waals surface area contributed by atoms with Gasteiger partial charge in [0.25, 0.3) is 5.56 Å². The molecule has 0 unspecified atom stereocenters. The zero-order valence-electron chi connectivity index (χ0n) is 14.0. The number of hydrogen-bond acceptors (Lipinski definition) is 5. The zero-order chi connectivity index (χ0) is 19.1. The Morgan fingerprint density at radius 3 is 2.89 bits per heavy atom. The third-order valence-electron chi connectivity index (χ3n) is 4.13. The molecule has 0 saturated carbocycles. The van der Waals surface area contributed by atoms with Gasteiger partial charge < -0.3 is 14.7 Å². The highest BCUT2D eigenvalue weighted by Crippen LogP contribution is 2.29. The van der Waals surface area contributed by atoms with Gasteiger partial charge in [-0.3, -0.25) is 9.59 Å². The second kappa shape index (κ2) is 6.88. The molecular formula is C18H12BrClN4O3. The first-order chi connectivity index (χ1) is 13.0. The van der Waals surface area contributed by atoms with Crippen molar-refractivity contribution in [3.05, 3.63) is 67.3 Å². The number of hydrogen-bond donors (Lipinski definition) is 2. The molecule has 7 nitrogen and oxygen atoms in total. The van der Waals surface area contributed by atoms with Crippen LogP contribution in [0.15, 0.2) is 39.9 Å². The van der Waals surface area contributed by atoms with Crippen LogP contribution in [0.1, 0.15) is 21.6 Å². The van der Waals surface area contributed by atoms with Gasteiger partial charge in [0.1, 0.15) is 16.9 Å². The number of pyridine rings is 1. The Balaban J connectivity index is 1.98. The lowest BCUT2D eigenvalue weighted by atomic mass is 10.0. The van der Waals surface area contributed by atoms with Crippen molar-refractivity contribution in [1.29, 1.82) is 0 Å². The third kappa shape index (κ3) is 3.05. The number of ketones is 1. The van der Waals surface area contributed by atoms with E-state index < -0.39 is 0 Å². The van der Waals surface area contributed by atoms with Gasteiger partial charge in [-0.15, -0.1) is 0 Å². The number of nitrogens with one attached hydrogen (secondary N) is 2. The summed E-state index contributed by atoms with van der Waals surface area (Å²) in [6.45, 7) is 0.0569. The quantitative estimate of drug-likeness (QED) is 0.466. The highest BCUT2D eigenvalue weighted by atomic mass is 79.9. The summed E-state index contributed by atoms with van der Waals surface area (Å²) in [5.41, 5.74) is 1.98. The van der Waals surface area contributed by atoms with E-state index in [1.807, 2.05) is 0 Å². The summed E-state index contributed by atoms with van der Waals surface area (Å²) in [5.74, 6) is -0.269. The molecule has 0 fully saturated rings. The summed E-state index contributed by atoms with van der Waals surface area (Å²) in [4.78, 5) is 39.6. The number of ether oxygens (including phenoxy) is 1. The number of H-pyrrole nitrogens is 2. The topological polar surface area (TPSA) is 101 Å². The van der Waals surface area contributed by atoms with Crippen molar-refractivity contribution in [3.8, 4) is 0 Å². The number of benzene rings is 1. The van der Waals surface area contributed by atoms with Crippen molar-refractivity contribution in [2.75, 3.05) is 7.11 Å². The molecule has 4 aromatic rings. The Morgan fingerprint density at radius 1 is 1.33 bits per heavy atom. The molecule has 3 aromatic heterocycles. The summed E-state index contributed by atoms with van der Waals surface area (Å²) in [7, 11) is 1.48. The van der Waals surface area contributed by atoms with Crippen LogP contribution >= 0.6 is 27.5 Å². The number of nitrogens with zero attached hydrogens (tertiary/aromatic N) is 2. The van der Waals surface area contributed by atoms with E-state index in [1.165, 1.54) is 13.3 Å². The van der Waals surface area contributed by atoms with Gasteiger partial charge in [-0.25, -0.2) is 9.97 Å². The third-order valence-corrected chi connectivity index (χ3v) is 4.94. The van der Waals surface area contributed by atoms with Crippen molar-refractivity contribution in [2.24, 2.45) is 0 Å². The number of halogens is 2. The van der Waals surface area contributed by atoms with Gasteiger partial charge >= 0.3 is 0 Å². The van der Waals surface area contributed by atoms with E-state index in [0.29, 0.717) is 38.2 Å². The zero-order valence-corrected chi connectivity index (χ0v) is 16.3. The molecule has 0 spiro atoms. The number of aromatic nitrogens is 4. The van der Waals surface area contributed by atoms with Gasteiger partial charge in [0.2, 0.25) is 0 Å². The van der Waals surface area contributed by atoms with Crippen LogP contribution in [0.3, 0.4) is 0 Å². The van der Waals surface area contributed by atoms with Crippen LogP contribution in [0, 0.1) is 0 Å². The maximum atomic E-state index is 13.1. The summed E-state index contributed by atoms with van der Waals surface area (Å²) in [6.07, 6.45) is 3.07. The van der Waals surface area contributed by atoms with Crippen molar-refractivity contribution in [2.45, 2.75) is 6.61 Å². The van der Waals surface area contributed by atoms with Crippen LogP contribution in [0.5, 0.6) is 0 Å². The molecule has 0 aliphatic heterocycles. The van der Waals surface area contributed by atoms with E-state index in [0.717, 1.165) is 4.47 Å². The fourth-order valence-electron chi connectivity index (χ4n) is 2.90. The second-order valence-electron chi connectivity index (χ2n) is 5.85. The number of rotatable bonds is 4. The van der Waals surface area contributed by atoms with E-state index >= 15 is 0 Å². The van der Waals surface area contributed by atoms with Gasteiger partial charge in [-0.2, -0.15) is 0 Å². The first-order valence-corrected chi connectivity index (χ1v) is 9.04. The van der Waals surface area contributed by atoms with Crippen LogP contribution in [-0.2, 0) is 11.3 Å². The fraction of sp³-hybridized carbons (Fsp3) is 0.111. The van der Waals surface area contributed by atoms with Gasteiger partial charge in [0.15, 0.2) is 5.78 Å². The average Bonchev–Trinajstić information content (AvgIpc) is 3.06. The van der Waals surface area contributed by atoms with E-state index in [4.69, 9.17) is 16.3 Å². The predicted octanol–water partition coefficient (Wildman–Crippen LogP) is 3.59. The summed E-state index contributed by atoms with van der Waals surface area (Å²) in [6, 6.07) is 5.06. The number of carbonyl (C=O) groups is 1. The van der Waals surface area contributed by atoms with E-state index in [9.17, 15) is 9.59 Å². The average molecular weight is 448 g/mol. The van der Waals surface area contributed by atoms with Gasteiger partial charge in [-0.1, -0.05) is 27.5 Å². The summed E-state index contributed by atoms with van der Waals surface area (Å²) >= 11 is 9.57. The Kier molecular flexibility index (Phi) is 4.55. The second-order valence-corrected chi connectivity index (χ2v) is 7.17. The van der Waals surface area contributed by atoms with Gasteiger partial charge in [0, 0.05) is 23.3 Å². The van der Waals surface area contributed by atoms with Crippen LogP contribution in [0.25, 0.3) is 22.1 Å². The van der Waals surface area contributed by atoms with Crippen molar-refractivity contribution in [1.82, 2.24) is 19.9 Å². The first-order valence-electron chi connectivity index (χ1n) is 7.87. The van der Waals surface area contributed by atoms with Crippen molar-refractivity contribution < 1.29 is 9.53 Å². The first kappa shape index (κ1) is 17.8. The standard InChI is InChI=1S/C18H12BrClN4O3/c1-27-7-13-18(26)24-12-6-22-17-14(15(12)23-13)10(5-21-17)16(25)9-3-2-8(19)4-11(9)20/h2-6H,7H2,1H3,(H,21,22)(H,24,26). The number of methoxy groups -OCH3 is 1. The van der Waals surface area contributed by atoms with E-state index in [1.54, 1.807) is 24.4 Å². The minimum absolute atomic E-state index is 0.0569. The molecule has 4 rings (SSSR count). The SMILES string of the molecule is COCc1nc2c(cnc3[nH]cc(C(=O)c4ccc(Br)cc4Cl)c32)[nH]c1=O. The molecule has 0 bridgehead atoms. The predicted molar refractivity (Wildman–Crippen MR) is 105 cm³/mol. The van der Waals surface area contributed by atoms with Crippen LogP contribution < -0.4 is 5.56 Å². The highest BCUT2D eigenvalue weighted by molar-refractivity contribution is 9.10. The lowest BCUT2D eigenvalue weighted by molar-refractivity contribution is 0.104. The molecule has 9 heteroatoms. The smallest absolute Gasteiger partial charge is 0.272 e. The molecule has 0 aliphatic rings. The Hall–Kier alpha value is -2.55. The molecule has 1 aromatic carbocycles. The Labute approximate surface area is 165 Å². The number of carbonyl (C=O) groups excluding carboxylic acids is 1. The van der Waals surface area contributed by atoms with Crippen LogP contribution in [-0.4, -0.2) is 32.8 Å². The molecule has 27 heavy (non-hydrogen) atoms. The molecule has 0 saturated heterocycles. The van der Waals surface area contributed by atoms with E-state index in [2.05, 4.69) is 35.9 Å². The molecule has 0 amide bonds. The van der Waals surface area contributed by atoms with Crippen molar-refractivity contribution >= 4 is 55.4 Å². The largest absolute Gasteiger partial charge is 0.378 e. The van der Waals surface area contributed by atoms with Crippen LogP contribution in [0.2, 0.25) is 5.02 Å². The molecule has 2 N–H and O–H groups in total. The molecule has 136 valence electrons. The van der Waals surface area contributed by atoms with E-state index in [-0.39, 0.29) is 23.6 Å². The number of fused-ring (bicyclic) bond motifs is 3. The van der Waals surface area contributed by atoms with Crippen molar-refractivity contribution in [3.63, 3.8) is 0 Å². The summed E-state index contributed by atoms with van der Waals surface area (Å²) < 4.78 is 5.81. The Bertz CT molecular complexity index is 1260. The maximum Gasteiger partial charge on any atom is 0.272 e. The molecule has 0 radical (unpaired) electrons. The minimum atomic E-state index is -0.357.